The molecule has 2 aromatic heterocycles. The highest BCUT2D eigenvalue weighted by atomic mass is 35.5. The Morgan fingerprint density at radius 2 is 2.26 bits per heavy atom. The molecule has 2 aromatic rings. The zero-order valence-electron chi connectivity index (χ0n) is 10.2. The number of hydrogen-bond donors (Lipinski definition) is 1. The van der Waals surface area contributed by atoms with Crippen LogP contribution in [0.3, 0.4) is 0 Å². The fraction of sp³-hybridized carbons (Fsp3) is 0.500. The van der Waals surface area contributed by atoms with E-state index in [0.29, 0.717) is 12.1 Å². The van der Waals surface area contributed by atoms with E-state index >= 15 is 0 Å². The van der Waals surface area contributed by atoms with Gasteiger partial charge in [0.05, 0.1) is 23.5 Å². The summed E-state index contributed by atoms with van der Waals surface area (Å²) in [5.41, 5.74) is 0.677. The first-order chi connectivity index (χ1) is 9.15. The van der Waals surface area contributed by atoms with E-state index in [-0.39, 0.29) is 17.2 Å². The van der Waals surface area contributed by atoms with Gasteiger partial charge in [-0.05, 0) is 30.9 Å². The van der Waals surface area contributed by atoms with Crippen molar-refractivity contribution in [3.63, 3.8) is 0 Å². The summed E-state index contributed by atoms with van der Waals surface area (Å²) in [6, 6.07) is 0.0679. The molecule has 0 bridgehead atoms. The molecule has 1 fully saturated rings. The molecule has 100 valence electrons. The molecule has 7 heteroatoms. The minimum atomic E-state index is -0.728. The first-order valence-electron chi connectivity index (χ1n) is 6.23. The lowest BCUT2D eigenvalue weighted by molar-refractivity contribution is -0.143. The zero-order chi connectivity index (χ0) is 13.4. The molecule has 0 spiro atoms. The van der Waals surface area contributed by atoms with E-state index in [4.69, 9.17) is 16.7 Å². The lowest BCUT2D eigenvalue weighted by atomic mass is 9.86. The molecule has 1 saturated carbocycles. The van der Waals surface area contributed by atoms with Gasteiger partial charge in [-0.1, -0.05) is 6.42 Å². The maximum atomic E-state index is 11.1. The number of carboxylic acids is 1. The maximum Gasteiger partial charge on any atom is 0.306 e. The Bertz CT molecular complexity index is 627. The van der Waals surface area contributed by atoms with Crippen molar-refractivity contribution in [1.82, 2.24) is 19.7 Å². The molecule has 1 N–H and O–H groups in total. The van der Waals surface area contributed by atoms with Crippen LogP contribution in [-0.4, -0.2) is 30.8 Å². The van der Waals surface area contributed by atoms with Crippen LogP contribution in [0.5, 0.6) is 0 Å². The molecule has 0 amide bonds. The van der Waals surface area contributed by atoms with Crippen LogP contribution in [0.4, 0.5) is 0 Å². The van der Waals surface area contributed by atoms with Gasteiger partial charge < -0.3 is 5.11 Å². The predicted molar refractivity (Wildman–Crippen MR) is 69.0 cm³/mol. The van der Waals surface area contributed by atoms with E-state index in [1.54, 1.807) is 17.1 Å². The van der Waals surface area contributed by atoms with E-state index in [1.165, 1.54) is 0 Å². The fourth-order valence-electron chi connectivity index (χ4n) is 2.69. The smallest absolute Gasteiger partial charge is 0.306 e. The second-order valence-electron chi connectivity index (χ2n) is 4.86. The summed E-state index contributed by atoms with van der Waals surface area (Å²) in [6.07, 6.45) is 6.46. The molecule has 19 heavy (non-hydrogen) atoms. The Kier molecular flexibility index (Phi) is 3.10. The molecule has 0 aromatic carbocycles. The third-order valence-electron chi connectivity index (χ3n) is 3.65. The number of halogens is 1. The molecule has 3 rings (SSSR count). The largest absolute Gasteiger partial charge is 0.481 e. The van der Waals surface area contributed by atoms with Crippen molar-refractivity contribution in [1.29, 1.82) is 0 Å². The van der Waals surface area contributed by atoms with E-state index in [0.717, 1.165) is 24.6 Å². The quantitative estimate of drug-likeness (QED) is 0.854. The van der Waals surface area contributed by atoms with Crippen LogP contribution in [0.1, 0.15) is 31.7 Å². The minimum absolute atomic E-state index is 0.0679. The van der Waals surface area contributed by atoms with E-state index < -0.39 is 5.97 Å². The van der Waals surface area contributed by atoms with Gasteiger partial charge in [0.1, 0.15) is 0 Å². The van der Waals surface area contributed by atoms with Crippen molar-refractivity contribution in [3.05, 3.63) is 17.7 Å². The Morgan fingerprint density at radius 3 is 3.05 bits per heavy atom. The highest BCUT2D eigenvalue weighted by Crippen LogP contribution is 2.33. The number of nitrogens with zero attached hydrogens (tertiary/aromatic N) is 4. The van der Waals surface area contributed by atoms with Crippen LogP contribution >= 0.6 is 11.6 Å². The average Bonchev–Trinajstić information content (AvgIpc) is 2.81. The van der Waals surface area contributed by atoms with Gasteiger partial charge in [0.15, 0.2) is 5.65 Å². The van der Waals surface area contributed by atoms with E-state index in [2.05, 4.69) is 15.1 Å². The van der Waals surface area contributed by atoms with E-state index in [9.17, 15) is 4.79 Å². The molecule has 0 aliphatic heterocycles. The lowest BCUT2D eigenvalue weighted by Gasteiger charge is -2.26. The number of fused-ring (bicyclic) bond motifs is 1. The van der Waals surface area contributed by atoms with Crippen LogP contribution in [0.25, 0.3) is 11.0 Å². The summed E-state index contributed by atoms with van der Waals surface area (Å²) in [5.74, 6) is -1.02. The predicted octanol–water partition coefficient (Wildman–Crippen LogP) is 2.30. The molecule has 1 aliphatic rings. The molecular formula is C12H13ClN4O2. The summed E-state index contributed by atoms with van der Waals surface area (Å²) in [5, 5.41) is 14.5. The second-order valence-corrected chi connectivity index (χ2v) is 5.20. The first kappa shape index (κ1) is 12.3. The summed E-state index contributed by atoms with van der Waals surface area (Å²) in [7, 11) is 0. The summed E-state index contributed by atoms with van der Waals surface area (Å²) in [4.78, 5) is 19.2. The van der Waals surface area contributed by atoms with Crippen LogP contribution in [0.15, 0.2) is 12.4 Å². The van der Waals surface area contributed by atoms with Crippen molar-refractivity contribution in [2.45, 2.75) is 31.7 Å². The fourth-order valence-corrected chi connectivity index (χ4v) is 2.82. The standard InChI is InChI=1S/C12H13ClN4O2/c13-12-14-5-8-6-15-17(10(8)16-12)9-3-1-2-7(4-9)11(18)19/h5-7,9H,1-4H2,(H,18,19)/t7-,9-/m1/s1. The topological polar surface area (TPSA) is 80.9 Å². The Morgan fingerprint density at radius 1 is 1.42 bits per heavy atom. The number of aliphatic carboxylic acids is 1. The third kappa shape index (κ3) is 2.28. The van der Waals surface area contributed by atoms with Gasteiger partial charge in [-0.15, -0.1) is 0 Å². The van der Waals surface area contributed by atoms with Crippen molar-refractivity contribution in [2.75, 3.05) is 0 Å². The van der Waals surface area contributed by atoms with Gasteiger partial charge in [-0.3, -0.25) is 4.79 Å². The van der Waals surface area contributed by atoms with Crippen molar-refractivity contribution in [3.8, 4) is 0 Å². The van der Waals surface area contributed by atoms with Crippen LogP contribution in [-0.2, 0) is 4.79 Å². The Hall–Kier alpha value is -1.69. The highest BCUT2D eigenvalue weighted by Gasteiger charge is 2.29. The Balaban J connectivity index is 1.95. The number of rotatable bonds is 2. The summed E-state index contributed by atoms with van der Waals surface area (Å²) in [6.45, 7) is 0. The summed E-state index contributed by atoms with van der Waals surface area (Å²) >= 11 is 5.81. The number of carbonyl (C=O) groups is 1. The van der Waals surface area contributed by atoms with Gasteiger partial charge in [0.2, 0.25) is 5.28 Å². The van der Waals surface area contributed by atoms with Gasteiger partial charge in [0.25, 0.3) is 0 Å². The SMILES string of the molecule is O=C(O)[C@@H]1CCC[C@@H](n2ncc3cnc(Cl)nc32)C1. The molecule has 1 aliphatic carbocycles. The van der Waals surface area contributed by atoms with Crippen LogP contribution in [0.2, 0.25) is 5.28 Å². The number of carboxylic acid groups (broad SMARTS) is 1. The summed E-state index contributed by atoms with van der Waals surface area (Å²) < 4.78 is 1.79. The number of hydrogen-bond acceptors (Lipinski definition) is 4. The zero-order valence-corrected chi connectivity index (χ0v) is 10.9. The molecule has 2 heterocycles. The molecule has 2 atom stereocenters. The normalized spacial score (nSPS) is 23.6. The van der Waals surface area contributed by atoms with Crippen LogP contribution in [0, 0.1) is 5.92 Å². The highest BCUT2D eigenvalue weighted by molar-refractivity contribution is 6.28. The average molecular weight is 281 g/mol. The molecule has 0 radical (unpaired) electrons. The maximum absolute atomic E-state index is 11.1. The van der Waals surface area contributed by atoms with Crippen LogP contribution < -0.4 is 0 Å². The Labute approximate surface area is 114 Å². The molecular weight excluding hydrogens is 268 g/mol. The molecule has 0 unspecified atom stereocenters. The second kappa shape index (κ2) is 4.77. The molecule has 6 nitrogen and oxygen atoms in total. The van der Waals surface area contributed by atoms with Gasteiger partial charge in [0, 0.05) is 6.20 Å². The first-order valence-corrected chi connectivity index (χ1v) is 6.61. The van der Waals surface area contributed by atoms with E-state index in [1.807, 2.05) is 0 Å². The van der Waals surface area contributed by atoms with Crippen molar-refractivity contribution in [2.24, 2.45) is 5.92 Å². The number of aromatic nitrogens is 4. The lowest BCUT2D eigenvalue weighted by Crippen LogP contribution is -2.25. The van der Waals surface area contributed by atoms with Gasteiger partial charge in [-0.2, -0.15) is 10.1 Å². The minimum Gasteiger partial charge on any atom is -0.481 e. The molecule has 0 saturated heterocycles. The monoisotopic (exact) mass is 280 g/mol. The third-order valence-corrected chi connectivity index (χ3v) is 3.83. The van der Waals surface area contributed by atoms with Crippen molar-refractivity contribution >= 4 is 28.6 Å². The van der Waals surface area contributed by atoms with Gasteiger partial charge >= 0.3 is 5.97 Å². The van der Waals surface area contributed by atoms with Gasteiger partial charge in [-0.25, -0.2) is 9.67 Å². The van der Waals surface area contributed by atoms with Crippen molar-refractivity contribution < 1.29 is 9.90 Å².